The Morgan fingerprint density at radius 1 is 0.700 bits per heavy atom. The molecular weight excluding hydrogens is 402 g/mol. The first kappa shape index (κ1) is 32.0. The lowest BCUT2D eigenvalue weighted by atomic mass is 10.0. The molecule has 0 fully saturated rings. The van der Waals surface area contributed by atoms with Crippen molar-refractivity contribution in [2.75, 3.05) is 40.9 Å². The van der Waals surface area contributed by atoms with E-state index in [0.717, 1.165) is 18.1 Å². The molecule has 0 aromatic rings. The zero-order valence-corrected chi connectivity index (χ0v) is 21.2. The van der Waals surface area contributed by atoms with E-state index in [0.29, 0.717) is 6.61 Å². The fourth-order valence-corrected chi connectivity index (χ4v) is 3.47. The van der Waals surface area contributed by atoms with Crippen molar-refractivity contribution < 1.29 is 26.7 Å². The second kappa shape index (κ2) is 22.0. The highest BCUT2D eigenvalue weighted by Gasteiger charge is 2.12. The highest BCUT2D eigenvalue weighted by molar-refractivity contribution is 7.80. The highest BCUT2D eigenvalue weighted by Crippen LogP contribution is 2.14. The minimum Gasteiger partial charge on any atom is -0.726 e. The van der Waals surface area contributed by atoms with Gasteiger partial charge in [-0.05, 0) is 12.8 Å². The summed E-state index contributed by atoms with van der Waals surface area (Å²) in [5.41, 5.74) is 0. The van der Waals surface area contributed by atoms with E-state index >= 15 is 0 Å². The predicted octanol–water partition coefficient (Wildman–Crippen LogP) is 5.41. The molecule has 0 atom stereocenters. The number of aliphatic hydroxyl groups is 1. The number of hydrogen-bond donors (Lipinski definition) is 1. The van der Waals surface area contributed by atoms with Crippen LogP contribution in [0, 0.1) is 0 Å². The van der Waals surface area contributed by atoms with Crippen molar-refractivity contribution in [2.45, 2.75) is 110 Å². The van der Waals surface area contributed by atoms with Gasteiger partial charge >= 0.3 is 0 Å². The Hall–Kier alpha value is -0.210. The van der Waals surface area contributed by atoms with Gasteiger partial charge in [0.15, 0.2) is 0 Å². The van der Waals surface area contributed by atoms with E-state index in [1.165, 1.54) is 109 Å². The van der Waals surface area contributed by atoms with Crippen molar-refractivity contribution in [1.82, 2.24) is 0 Å². The molecule has 0 aromatic heterocycles. The van der Waals surface area contributed by atoms with Crippen molar-refractivity contribution in [3.63, 3.8) is 0 Å². The maximum atomic E-state index is 9.22. The molecule has 0 rings (SSSR count). The van der Waals surface area contributed by atoms with Crippen LogP contribution in [-0.4, -0.2) is 63.5 Å². The minimum absolute atomic E-state index is 0.311. The van der Waals surface area contributed by atoms with Gasteiger partial charge < -0.3 is 14.1 Å². The molecule has 0 unspecified atom stereocenters. The van der Waals surface area contributed by atoms with Gasteiger partial charge in [0.25, 0.3) is 0 Å². The summed E-state index contributed by atoms with van der Waals surface area (Å²) in [6, 6.07) is 0. The summed E-state index contributed by atoms with van der Waals surface area (Å²) in [6.45, 7) is 4.70. The Kier molecular flexibility index (Phi) is 23.4. The standard InChI is InChI=1S/C22H48NO.CH4O4S/c1-4-5-6-7-8-9-10-11-12-13-14-15-16-17-18-19-20-23(2,3)21-22-24;1-5-6(2,3)4/h24H,4-22H2,1-3H3;1H3,(H,2,3,4)/q+1;/p-1. The summed E-state index contributed by atoms with van der Waals surface area (Å²) in [5, 5.41) is 9.02. The number of likely N-dealkylation sites (N-methyl/N-ethyl adjacent to an activating group) is 1. The van der Waals surface area contributed by atoms with E-state index in [-0.39, 0.29) is 0 Å². The van der Waals surface area contributed by atoms with Crippen molar-refractivity contribution >= 4 is 10.4 Å². The molecular formula is C23H51NO5S. The molecule has 0 radical (unpaired) electrons. The molecule has 0 bridgehead atoms. The molecule has 0 aromatic carbocycles. The number of rotatable bonds is 20. The SMILES string of the molecule is CCCCCCCCCCCCCCCCCC[N+](C)(C)CCO.COS(=O)(=O)[O-]. The summed E-state index contributed by atoms with van der Waals surface area (Å²) >= 11 is 0. The lowest BCUT2D eigenvalue weighted by molar-refractivity contribution is -0.890. The van der Waals surface area contributed by atoms with E-state index in [1.54, 1.807) is 0 Å². The second-order valence-electron chi connectivity index (χ2n) is 8.98. The predicted molar refractivity (Wildman–Crippen MR) is 125 cm³/mol. The lowest BCUT2D eigenvalue weighted by Crippen LogP contribution is -2.42. The lowest BCUT2D eigenvalue weighted by Gasteiger charge is -2.28. The molecule has 0 aliphatic heterocycles. The third kappa shape index (κ3) is 30.0. The molecule has 0 aliphatic carbocycles. The van der Waals surface area contributed by atoms with Crippen LogP contribution >= 0.6 is 0 Å². The van der Waals surface area contributed by atoms with Gasteiger partial charge in [0.05, 0.1) is 34.4 Å². The number of unbranched alkanes of at least 4 members (excludes halogenated alkanes) is 15. The summed E-state index contributed by atoms with van der Waals surface area (Å²) in [6.07, 6.45) is 22.9. The summed E-state index contributed by atoms with van der Waals surface area (Å²) in [7, 11) is 0.843. The van der Waals surface area contributed by atoms with Gasteiger partial charge in [-0.1, -0.05) is 96.8 Å². The van der Waals surface area contributed by atoms with Crippen LogP contribution in [-0.2, 0) is 14.6 Å². The zero-order chi connectivity index (χ0) is 23.1. The molecule has 0 amide bonds. The number of aliphatic hydroxyl groups excluding tert-OH is 1. The Labute approximate surface area is 187 Å². The van der Waals surface area contributed by atoms with Crippen molar-refractivity contribution in [3.05, 3.63) is 0 Å². The Balaban J connectivity index is 0. The van der Waals surface area contributed by atoms with Crippen LogP contribution in [0.4, 0.5) is 0 Å². The second-order valence-corrected chi connectivity index (χ2v) is 10.1. The summed E-state index contributed by atoms with van der Waals surface area (Å²) in [5.74, 6) is 0. The van der Waals surface area contributed by atoms with Gasteiger partial charge in [-0.15, -0.1) is 0 Å². The molecule has 0 aliphatic rings. The van der Waals surface area contributed by atoms with Crippen LogP contribution in [0.25, 0.3) is 0 Å². The Morgan fingerprint density at radius 2 is 1.00 bits per heavy atom. The maximum absolute atomic E-state index is 9.22. The van der Waals surface area contributed by atoms with Crippen molar-refractivity contribution in [3.8, 4) is 0 Å². The van der Waals surface area contributed by atoms with Crippen LogP contribution < -0.4 is 0 Å². The minimum atomic E-state index is -4.41. The van der Waals surface area contributed by atoms with Crippen LogP contribution in [0.15, 0.2) is 0 Å². The molecule has 0 heterocycles. The van der Waals surface area contributed by atoms with Gasteiger partial charge in [0, 0.05) is 0 Å². The average molecular weight is 454 g/mol. The van der Waals surface area contributed by atoms with E-state index < -0.39 is 10.4 Å². The fourth-order valence-electron chi connectivity index (χ4n) is 3.47. The van der Waals surface area contributed by atoms with Gasteiger partial charge in [-0.25, -0.2) is 8.42 Å². The first-order valence-electron chi connectivity index (χ1n) is 12.1. The molecule has 0 saturated carbocycles. The van der Waals surface area contributed by atoms with E-state index in [9.17, 15) is 13.0 Å². The highest BCUT2D eigenvalue weighted by atomic mass is 32.3. The normalized spacial score (nSPS) is 11.9. The van der Waals surface area contributed by atoms with Crippen molar-refractivity contribution in [1.29, 1.82) is 0 Å². The fraction of sp³-hybridized carbons (Fsp3) is 1.00. The third-order valence-corrected chi connectivity index (χ3v) is 5.93. The van der Waals surface area contributed by atoms with Gasteiger partial charge in [0.2, 0.25) is 10.4 Å². The monoisotopic (exact) mass is 453 g/mol. The maximum Gasteiger partial charge on any atom is 0.217 e. The number of hydrogen-bond acceptors (Lipinski definition) is 5. The largest absolute Gasteiger partial charge is 0.726 e. The van der Waals surface area contributed by atoms with Crippen LogP contribution in [0.3, 0.4) is 0 Å². The Morgan fingerprint density at radius 3 is 1.27 bits per heavy atom. The number of nitrogens with zero attached hydrogens (tertiary/aromatic N) is 1. The van der Waals surface area contributed by atoms with E-state index in [4.69, 9.17) is 5.11 Å². The Bertz CT molecular complexity index is 441. The first-order chi connectivity index (χ1) is 14.2. The smallest absolute Gasteiger partial charge is 0.217 e. The third-order valence-electron chi connectivity index (χ3n) is 5.53. The van der Waals surface area contributed by atoms with E-state index in [2.05, 4.69) is 25.2 Å². The molecule has 0 saturated heterocycles. The van der Waals surface area contributed by atoms with Crippen LogP contribution in [0.5, 0.6) is 0 Å². The molecule has 0 spiro atoms. The molecule has 7 heteroatoms. The van der Waals surface area contributed by atoms with Crippen LogP contribution in [0.2, 0.25) is 0 Å². The number of quaternary nitrogens is 1. The first-order valence-corrected chi connectivity index (χ1v) is 13.5. The average Bonchev–Trinajstić information content (AvgIpc) is 2.67. The molecule has 30 heavy (non-hydrogen) atoms. The van der Waals surface area contributed by atoms with Gasteiger partial charge in [0.1, 0.15) is 6.54 Å². The summed E-state index contributed by atoms with van der Waals surface area (Å²) < 4.78 is 32.0. The molecule has 6 nitrogen and oxygen atoms in total. The van der Waals surface area contributed by atoms with Gasteiger partial charge in [-0.2, -0.15) is 0 Å². The molecule has 184 valence electrons. The van der Waals surface area contributed by atoms with E-state index in [1.807, 2.05) is 0 Å². The van der Waals surface area contributed by atoms with Gasteiger partial charge in [-0.3, -0.25) is 4.18 Å². The van der Waals surface area contributed by atoms with Crippen LogP contribution in [0.1, 0.15) is 110 Å². The zero-order valence-electron chi connectivity index (χ0n) is 20.4. The summed E-state index contributed by atoms with van der Waals surface area (Å²) in [4.78, 5) is 0. The topological polar surface area (TPSA) is 86.7 Å². The quantitative estimate of drug-likeness (QED) is 0.115. The molecule has 1 N–H and O–H groups in total. The van der Waals surface area contributed by atoms with Crippen molar-refractivity contribution in [2.24, 2.45) is 0 Å².